The Morgan fingerprint density at radius 2 is 1.93 bits per heavy atom. The van der Waals surface area contributed by atoms with Crippen LogP contribution < -0.4 is 5.32 Å². The lowest BCUT2D eigenvalue weighted by Crippen LogP contribution is -2.60. The summed E-state index contributed by atoms with van der Waals surface area (Å²) in [6.45, 7) is 0. The first kappa shape index (κ1) is 17.3. The van der Waals surface area contributed by atoms with Gasteiger partial charge in [-0.3, -0.25) is 9.36 Å². The zero-order chi connectivity index (χ0) is 18.4. The molecule has 4 aliphatic rings. The third-order valence-corrected chi connectivity index (χ3v) is 7.44. The van der Waals surface area contributed by atoms with Crippen molar-refractivity contribution in [2.75, 3.05) is 5.75 Å². The van der Waals surface area contributed by atoms with E-state index in [1.807, 2.05) is 10.6 Å². The Labute approximate surface area is 162 Å². The number of halogens is 1. The number of hydrogen-bond acceptors (Lipinski definition) is 3. The van der Waals surface area contributed by atoms with Crippen LogP contribution in [0.2, 0.25) is 0 Å². The molecular formula is C21H24FN3OS. The minimum atomic E-state index is -0.281. The van der Waals surface area contributed by atoms with Crippen molar-refractivity contribution in [2.24, 2.45) is 17.8 Å². The van der Waals surface area contributed by atoms with Gasteiger partial charge in [-0.15, -0.1) is 0 Å². The van der Waals surface area contributed by atoms with Crippen molar-refractivity contribution in [1.29, 1.82) is 0 Å². The minimum absolute atomic E-state index is 0.0460. The maximum Gasteiger partial charge on any atom is 0.230 e. The molecule has 4 saturated carbocycles. The average Bonchev–Trinajstić information content (AvgIpc) is 3.07. The summed E-state index contributed by atoms with van der Waals surface area (Å²) in [6.07, 6.45) is 11.1. The Balaban J connectivity index is 1.24. The van der Waals surface area contributed by atoms with Gasteiger partial charge >= 0.3 is 0 Å². The molecule has 142 valence electrons. The number of carbonyl (C=O) groups excluding carboxylic acids is 1. The van der Waals surface area contributed by atoms with Crippen LogP contribution in [0.15, 0.2) is 41.8 Å². The topological polar surface area (TPSA) is 46.9 Å². The standard InChI is InChI=1S/C21H24FN3OS/c22-17-2-1-3-18(9-17)25-5-4-23-20(25)27-13-19(26)24-21-10-14-6-15(11-21)8-16(7-14)12-21/h1-5,9,14-16H,6-8,10-13H2,(H,24,26). The van der Waals surface area contributed by atoms with Gasteiger partial charge in [0.1, 0.15) is 5.82 Å². The fraction of sp³-hybridized carbons (Fsp3) is 0.524. The number of hydrogen-bond donors (Lipinski definition) is 1. The summed E-state index contributed by atoms with van der Waals surface area (Å²) >= 11 is 1.41. The number of nitrogens with one attached hydrogen (secondary N) is 1. The number of nitrogens with zero attached hydrogens (tertiary/aromatic N) is 2. The molecule has 4 fully saturated rings. The van der Waals surface area contributed by atoms with Gasteiger partial charge in [-0.1, -0.05) is 17.8 Å². The first-order valence-corrected chi connectivity index (χ1v) is 10.8. The van der Waals surface area contributed by atoms with E-state index in [0.717, 1.165) is 42.7 Å². The monoisotopic (exact) mass is 385 g/mol. The third kappa shape index (κ3) is 3.40. The number of imidazole rings is 1. The summed E-state index contributed by atoms with van der Waals surface area (Å²) in [6, 6.07) is 6.41. The van der Waals surface area contributed by atoms with Gasteiger partial charge in [0.15, 0.2) is 5.16 Å². The molecule has 1 heterocycles. The lowest BCUT2D eigenvalue weighted by atomic mass is 9.53. The second kappa shape index (κ2) is 6.66. The van der Waals surface area contributed by atoms with Gasteiger partial charge in [0, 0.05) is 17.9 Å². The SMILES string of the molecule is O=C(CSc1nccn1-c1cccc(F)c1)NC12CC3CC(CC(C3)C1)C2. The number of thioether (sulfide) groups is 1. The van der Waals surface area contributed by atoms with E-state index in [0.29, 0.717) is 10.9 Å². The Morgan fingerprint density at radius 1 is 1.22 bits per heavy atom. The maximum atomic E-state index is 13.5. The van der Waals surface area contributed by atoms with E-state index in [1.165, 1.54) is 43.2 Å². The Bertz CT molecular complexity index is 829. The van der Waals surface area contributed by atoms with Crippen molar-refractivity contribution in [2.45, 2.75) is 49.2 Å². The van der Waals surface area contributed by atoms with Crippen molar-refractivity contribution in [3.63, 3.8) is 0 Å². The molecule has 2 aromatic rings. The van der Waals surface area contributed by atoms with Crippen molar-refractivity contribution >= 4 is 17.7 Å². The summed E-state index contributed by atoms with van der Waals surface area (Å²) in [4.78, 5) is 17.0. The molecule has 0 radical (unpaired) electrons. The van der Waals surface area contributed by atoms with Gasteiger partial charge in [-0.05, 0) is 74.5 Å². The molecular weight excluding hydrogens is 361 g/mol. The maximum absolute atomic E-state index is 13.5. The van der Waals surface area contributed by atoms with Crippen LogP contribution in [-0.2, 0) is 4.79 Å². The molecule has 1 aromatic carbocycles. The van der Waals surface area contributed by atoms with Crippen LogP contribution in [0.5, 0.6) is 0 Å². The van der Waals surface area contributed by atoms with Crippen LogP contribution in [-0.4, -0.2) is 26.8 Å². The largest absolute Gasteiger partial charge is 0.350 e. The molecule has 0 aliphatic heterocycles. The van der Waals surface area contributed by atoms with E-state index in [9.17, 15) is 9.18 Å². The van der Waals surface area contributed by atoms with Gasteiger partial charge in [0.2, 0.25) is 5.91 Å². The summed E-state index contributed by atoms with van der Waals surface area (Å²) < 4.78 is 15.3. The van der Waals surface area contributed by atoms with Crippen molar-refractivity contribution in [1.82, 2.24) is 14.9 Å². The summed E-state index contributed by atoms with van der Waals surface area (Å²) in [7, 11) is 0. The van der Waals surface area contributed by atoms with Gasteiger partial charge in [0.25, 0.3) is 0 Å². The van der Waals surface area contributed by atoms with Gasteiger partial charge in [-0.2, -0.15) is 0 Å². The predicted octanol–water partition coefficient (Wildman–Crippen LogP) is 4.19. The van der Waals surface area contributed by atoms with E-state index in [1.54, 1.807) is 18.5 Å². The number of benzene rings is 1. The lowest BCUT2D eigenvalue weighted by molar-refractivity contribution is -0.124. The third-order valence-electron chi connectivity index (χ3n) is 6.47. The van der Waals surface area contributed by atoms with E-state index in [4.69, 9.17) is 0 Å². The first-order chi connectivity index (χ1) is 13.1. The smallest absolute Gasteiger partial charge is 0.230 e. The zero-order valence-corrected chi connectivity index (χ0v) is 16.1. The average molecular weight is 386 g/mol. The molecule has 0 saturated heterocycles. The molecule has 6 rings (SSSR count). The highest BCUT2D eigenvalue weighted by Crippen LogP contribution is 2.55. The highest BCUT2D eigenvalue weighted by atomic mass is 32.2. The van der Waals surface area contributed by atoms with Crippen LogP contribution in [0.3, 0.4) is 0 Å². The molecule has 1 aromatic heterocycles. The highest BCUT2D eigenvalue weighted by molar-refractivity contribution is 7.99. The Hall–Kier alpha value is -1.82. The first-order valence-electron chi connectivity index (χ1n) is 9.82. The van der Waals surface area contributed by atoms with Crippen LogP contribution >= 0.6 is 11.8 Å². The molecule has 4 nitrogen and oxygen atoms in total. The molecule has 0 atom stereocenters. The number of rotatable bonds is 5. The number of amides is 1. The molecule has 1 amide bonds. The van der Waals surface area contributed by atoms with Crippen molar-refractivity contribution in [3.8, 4) is 5.69 Å². The molecule has 0 spiro atoms. The molecule has 4 aliphatic carbocycles. The summed E-state index contributed by atoms with van der Waals surface area (Å²) in [5.74, 6) is 2.60. The molecule has 1 N–H and O–H groups in total. The van der Waals surface area contributed by atoms with Gasteiger partial charge in [0.05, 0.1) is 11.4 Å². The predicted molar refractivity (Wildman–Crippen MR) is 103 cm³/mol. The number of aromatic nitrogens is 2. The van der Waals surface area contributed by atoms with E-state index >= 15 is 0 Å². The molecule has 0 unspecified atom stereocenters. The second-order valence-corrected chi connectivity index (χ2v) is 9.54. The quantitative estimate of drug-likeness (QED) is 0.785. The van der Waals surface area contributed by atoms with Crippen molar-refractivity contribution < 1.29 is 9.18 Å². The van der Waals surface area contributed by atoms with Crippen LogP contribution in [0.25, 0.3) is 5.69 Å². The van der Waals surface area contributed by atoms with Crippen LogP contribution in [0, 0.1) is 23.6 Å². The van der Waals surface area contributed by atoms with Crippen molar-refractivity contribution in [3.05, 3.63) is 42.5 Å². The Kier molecular flexibility index (Phi) is 4.26. The summed E-state index contributed by atoms with van der Waals surface area (Å²) in [5, 5.41) is 4.11. The second-order valence-electron chi connectivity index (χ2n) is 8.59. The fourth-order valence-electron chi connectivity index (χ4n) is 5.94. The zero-order valence-electron chi connectivity index (χ0n) is 15.2. The van der Waals surface area contributed by atoms with Crippen LogP contribution in [0.4, 0.5) is 4.39 Å². The minimum Gasteiger partial charge on any atom is -0.350 e. The van der Waals surface area contributed by atoms with Gasteiger partial charge in [-0.25, -0.2) is 9.37 Å². The summed E-state index contributed by atoms with van der Waals surface area (Å²) in [5.41, 5.74) is 0.765. The van der Waals surface area contributed by atoms with E-state index < -0.39 is 0 Å². The van der Waals surface area contributed by atoms with E-state index in [-0.39, 0.29) is 17.3 Å². The Morgan fingerprint density at radius 3 is 2.59 bits per heavy atom. The molecule has 6 heteroatoms. The lowest BCUT2D eigenvalue weighted by Gasteiger charge is -2.56. The van der Waals surface area contributed by atoms with Crippen LogP contribution in [0.1, 0.15) is 38.5 Å². The van der Waals surface area contributed by atoms with E-state index in [2.05, 4.69) is 10.3 Å². The normalized spacial score (nSPS) is 31.2. The van der Waals surface area contributed by atoms with Gasteiger partial charge < -0.3 is 5.32 Å². The highest BCUT2D eigenvalue weighted by Gasteiger charge is 2.51. The molecule has 4 bridgehead atoms. The molecule has 27 heavy (non-hydrogen) atoms. The fourth-order valence-corrected chi connectivity index (χ4v) is 6.72. The number of carbonyl (C=O) groups is 1.